The molecule has 0 saturated heterocycles. The molecule has 2 aromatic rings. The minimum atomic E-state index is -1.14. The molecule has 1 heterocycles. The number of aromatic carboxylic acids is 1. The van der Waals surface area contributed by atoms with E-state index in [1.54, 1.807) is 24.3 Å². The van der Waals surface area contributed by atoms with Crippen LogP contribution in [-0.4, -0.2) is 16.1 Å². The second-order valence-corrected chi connectivity index (χ2v) is 3.91. The summed E-state index contributed by atoms with van der Waals surface area (Å²) in [5.74, 6) is -0.484. The van der Waals surface area contributed by atoms with Crippen molar-refractivity contribution >= 4 is 23.4 Å². The largest absolute Gasteiger partial charge is 0.478 e. The lowest BCUT2D eigenvalue weighted by molar-refractivity contribution is 0.0694. The molecule has 0 aliphatic carbocycles. The number of pyridine rings is 1. The van der Waals surface area contributed by atoms with Crippen molar-refractivity contribution in [2.45, 2.75) is 0 Å². The minimum absolute atomic E-state index is 0.0533. The van der Waals surface area contributed by atoms with Gasteiger partial charge in [0.2, 0.25) is 0 Å². The number of benzene rings is 1. The van der Waals surface area contributed by atoms with Crippen molar-refractivity contribution in [3.8, 4) is 11.5 Å². The van der Waals surface area contributed by atoms with Crippen LogP contribution in [0.5, 0.6) is 11.5 Å². The Kier molecular flexibility index (Phi) is 3.34. The molecule has 18 heavy (non-hydrogen) atoms. The number of nitrogen functional groups attached to an aromatic ring is 1. The average Bonchev–Trinajstić information content (AvgIpc) is 2.31. The van der Waals surface area contributed by atoms with Crippen LogP contribution < -0.4 is 10.5 Å². The fraction of sp³-hybridized carbons (Fsp3) is 0. The van der Waals surface area contributed by atoms with E-state index in [2.05, 4.69) is 4.98 Å². The second-order valence-electron chi connectivity index (χ2n) is 3.47. The van der Waals surface area contributed by atoms with E-state index < -0.39 is 5.97 Å². The van der Waals surface area contributed by atoms with Gasteiger partial charge in [-0.15, -0.1) is 0 Å². The first-order valence-corrected chi connectivity index (χ1v) is 5.36. The number of carboxylic acids is 1. The number of hydrogen-bond donors (Lipinski definition) is 2. The molecule has 6 heteroatoms. The maximum absolute atomic E-state index is 11.0. The molecule has 0 saturated carbocycles. The molecular formula is C12H9ClN2O3. The Morgan fingerprint density at radius 2 is 2.17 bits per heavy atom. The van der Waals surface area contributed by atoms with Gasteiger partial charge in [-0.3, -0.25) is 0 Å². The average molecular weight is 265 g/mol. The number of nitrogens with two attached hydrogens (primary N) is 1. The predicted octanol–water partition coefficient (Wildman–Crippen LogP) is 2.81. The first-order chi connectivity index (χ1) is 8.56. The van der Waals surface area contributed by atoms with E-state index >= 15 is 0 Å². The Morgan fingerprint density at radius 1 is 1.39 bits per heavy atom. The molecule has 0 aliphatic heterocycles. The number of carboxylic acid groups (broad SMARTS) is 1. The van der Waals surface area contributed by atoms with Crippen molar-refractivity contribution in [1.29, 1.82) is 0 Å². The van der Waals surface area contributed by atoms with E-state index in [0.29, 0.717) is 10.8 Å². The predicted molar refractivity (Wildman–Crippen MR) is 67.1 cm³/mol. The van der Waals surface area contributed by atoms with E-state index in [1.165, 1.54) is 12.3 Å². The van der Waals surface area contributed by atoms with Crippen LogP contribution in [0.3, 0.4) is 0 Å². The molecule has 0 amide bonds. The van der Waals surface area contributed by atoms with E-state index in [0.717, 1.165) is 0 Å². The summed E-state index contributed by atoms with van der Waals surface area (Å²) in [6.45, 7) is 0. The Balaban J connectivity index is 2.37. The molecule has 0 aliphatic rings. The summed E-state index contributed by atoms with van der Waals surface area (Å²) in [6.07, 6.45) is 1.26. The van der Waals surface area contributed by atoms with E-state index in [9.17, 15) is 4.79 Å². The molecule has 2 rings (SSSR count). The van der Waals surface area contributed by atoms with Gasteiger partial charge < -0.3 is 15.6 Å². The maximum atomic E-state index is 11.0. The molecule has 0 radical (unpaired) electrons. The molecule has 0 bridgehead atoms. The fourth-order valence-corrected chi connectivity index (χ4v) is 1.55. The smallest absolute Gasteiger partial charge is 0.339 e. The number of nitrogens with zero attached hydrogens (tertiary/aromatic N) is 1. The monoisotopic (exact) mass is 264 g/mol. The first-order valence-electron chi connectivity index (χ1n) is 4.98. The quantitative estimate of drug-likeness (QED) is 0.890. The summed E-state index contributed by atoms with van der Waals surface area (Å²) in [6, 6.07) is 7.86. The molecule has 3 N–H and O–H groups in total. The molecule has 92 valence electrons. The molecule has 1 aromatic carbocycles. The van der Waals surface area contributed by atoms with Gasteiger partial charge in [-0.25, -0.2) is 9.78 Å². The van der Waals surface area contributed by atoms with Crippen molar-refractivity contribution in [2.75, 3.05) is 5.73 Å². The van der Waals surface area contributed by atoms with Gasteiger partial charge in [0.1, 0.15) is 17.1 Å². The number of carbonyl (C=O) groups is 1. The third kappa shape index (κ3) is 2.70. The third-order valence-corrected chi connectivity index (χ3v) is 2.38. The summed E-state index contributed by atoms with van der Waals surface area (Å²) in [5, 5.41) is 9.53. The maximum Gasteiger partial charge on any atom is 0.339 e. The van der Waals surface area contributed by atoms with Crippen molar-refractivity contribution in [2.24, 2.45) is 0 Å². The van der Waals surface area contributed by atoms with Crippen LogP contribution in [0.2, 0.25) is 5.02 Å². The van der Waals surface area contributed by atoms with E-state index in [1.807, 2.05) is 0 Å². The van der Waals surface area contributed by atoms with Crippen LogP contribution in [0, 0.1) is 0 Å². The molecule has 1 aromatic heterocycles. The van der Waals surface area contributed by atoms with Crippen molar-refractivity contribution in [3.05, 3.63) is 47.1 Å². The zero-order valence-electron chi connectivity index (χ0n) is 9.13. The lowest BCUT2D eigenvalue weighted by atomic mass is 10.2. The highest BCUT2D eigenvalue weighted by Gasteiger charge is 2.13. The summed E-state index contributed by atoms with van der Waals surface area (Å²) >= 11 is 5.81. The van der Waals surface area contributed by atoms with Gasteiger partial charge in [0.15, 0.2) is 5.75 Å². The highest BCUT2D eigenvalue weighted by molar-refractivity contribution is 6.30. The third-order valence-electron chi connectivity index (χ3n) is 2.14. The highest BCUT2D eigenvalue weighted by Crippen LogP contribution is 2.27. The van der Waals surface area contributed by atoms with Gasteiger partial charge in [0.25, 0.3) is 0 Å². The zero-order chi connectivity index (χ0) is 13.1. The van der Waals surface area contributed by atoms with Crippen LogP contribution in [0.4, 0.5) is 5.82 Å². The standard InChI is InChI=1S/C12H9ClN2O3/c13-7-2-1-3-8(4-7)18-10-6-15-11(14)5-9(10)12(16)17/h1-6H,(H2,14,15)(H,16,17). The van der Waals surface area contributed by atoms with Gasteiger partial charge in [-0.1, -0.05) is 17.7 Å². The SMILES string of the molecule is Nc1cc(C(=O)O)c(Oc2cccc(Cl)c2)cn1. The molecule has 0 fully saturated rings. The van der Waals surface area contributed by atoms with Crippen molar-refractivity contribution < 1.29 is 14.6 Å². The number of hydrogen-bond acceptors (Lipinski definition) is 4. The molecule has 0 atom stereocenters. The van der Waals surface area contributed by atoms with Crippen LogP contribution in [0.25, 0.3) is 0 Å². The highest BCUT2D eigenvalue weighted by atomic mass is 35.5. The Morgan fingerprint density at radius 3 is 2.83 bits per heavy atom. The number of anilines is 1. The molecule has 5 nitrogen and oxygen atoms in total. The Labute approximate surface area is 108 Å². The minimum Gasteiger partial charge on any atom is -0.478 e. The van der Waals surface area contributed by atoms with Crippen LogP contribution in [-0.2, 0) is 0 Å². The Hall–Kier alpha value is -2.27. The second kappa shape index (κ2) is 4.93. The van der Waals surface area contributed by atoms with E-state index in [4.69, 9.17) is 27.2 Å². The summed E-state index contributed by atoms with van der Waals surface area (Å²) in [7, 11) is 0. The van der Waals surface area contributed by atoms with Crippen LogP contribution in [0.15, 0.2) is 36.5 Å². The van der Waals surface area contributed by atoms with Gasteiger partial charge >= 0.3 is 5.97 Å². The van der Waals surface area contributed by atoms with Gasteiger partial charge in [-0.05, 0) is 24.3 Å². The van der Waals surface area contributed by atoms with Gasteiger partial charge in [-0.2, -0.15) is 0 Å². The molecular weight excluding hydrogens is 256 g/mol. The fourth-order valence-electron chi connectivity index (χ4n) is 1.36. The molecule has 0 spiro atoms. The lowest BCUT2D eigenvalue weighted by Crippen LogP contribution is -2.03. The van der Waals surface area contributed by atoms with Crippen molar-refractivity contribution in [1.82, 2.24) is 4.98 Å². The van der Waals surface area contributed by atoms with Crippen LogP contribution in [0.1, 0.15) is 10.4 Å². The number of rotatable bonds is 3. The number of aromatic nitrogens is 1. The van der Waals surface area contributed by atoms with E-state index in [-0.39, 0.29) is 17.1 Å². The lowest BCUT2D eigenvalue weighted by Gasteiger charge is -2.08. The summed E-state index contributed by atoms with van der Waals surface area (Å²) in [4.78, 5) is 14.8. The normalized spacial score (nSPS) is 10.1. The summed E-state index contributed by atoms with van der Waals surface area (Å²) in [5.41, 5.74) is 5.38. The zero-order valence-corrected chi connectivity index (χ0v) is 9.89. The van der Waals surface area contributed by atoms with Crippen LogP contribution >= 0.6 is 11.6 Å². The number of halogens is 1. The van der Waals surface area contributed by atoms with Crippen molar-refractivity contribution in [3.63, 3.8) is 0 Å². The van der Waals surface area contributed by atoms with Gasteiger partial charge in [0.05, 0.1) is 6.20 Å². The summed E-state index contributed by atoms with van der Waals surface area (Å²) < 4.78 is 5.42. The number of ether oxygens (including phenoxy) is 1. The topological polar surface area (TPSA) is 85.4 Å². The first kappa shape index (κ1) is 12.2. The molecule has 0 unspecified atom stereocenters. The van der Waals surface area contributed by atoms with Gasteiger partial charge in [0, 0.05) is 5.02 Å². The Bertz CT molecular complexity index is 602.